The number of aliphatic imine (C=N–C) groups is 1. The number of nitrogens with one attached hydrogen (secondary N) is 1. The molecule has 0 aromatic heterocycles. The normalized spacial score (nSPS) is 29.6. The van der Waals surface area contributed by atoms with Crippen molar-refractivity contribution in [3.8, 4) is 0 Å². The van der Waals surface area contributed by atoms with E-state index in [0.717, 1.165) is 6.54 Å². The zero-order chi connectivity index (χ0) is 11.6. The lowest BCUT2D eigenvalue weighted by atomic mass is 9.67. The van der Waals surface area contributed by atoms with Crippen molar-refractivity contribution in [2.75, 3.05) is 12.3 Å². The van der Waals surface area contributed by atoms with Crippen LogP contribution in [0.4, 0.5) is 0 Å². The fourth-order valence-corrected chi connectivity index (χ4v) is 3.73. The molecule has 0 unspecified atom stereocenters. The van der Waals surface area contributed by atoms with Crippen LogP contribution in [0.25, 0.3) is 0 Å². The quantitative estimate of drug-likeness (QED) is 0.817. The van der Waals surface area contributed by atoms with Gasteiger partial charge in [-0.25, -0.2) is 0 Å². The van der Waals surface area contributed by atoms with Crippen LogP contribution in [-0.4, -0.2) is 23.0 Å². The van der Waals surface area contributed by atoms with Crippen LogP contribution < -0.4 is 5.32 Å². The second-order valence-electron chi connectivity index (χ2n) is 5.94. The van der Waals surface area contributed by atoms with E-state index in [-0.39, 0.29) is 5.54 Å². The number of hydrogen-bond acceptors (Lipinski definition) is 2. The molecule has 16 heavy (non-hydrogen) atoms. The molecule has 1 aliphatic heterocycles. The summed E-state index contributed by atoms with van der Waals surface area (Å²) in [7, 11) is 0. The van der Waals surface area contributed by atoms with E-state index in [9.17, 15) is 0 Å². The third kappa shape index (κ3) is 2.73. The molecule has 1 saturated carbocycles. The minimum absolute atomic E-state index is 0.239. The van der Waals surface area contributed by atoms with Crippen LogP contribution in [0.15, 0.2) is 4.99 Å². The van der Waals surface area contributed by atoms with E-state index in [2.05, 4.69) is 26.1 Å². The number of hydrogen-bond donors (Lipinski definition) is 1. The van der Waals surface area contributed by atoms with Gasteiger partial charge in [-0.1, -0.05) is 25.1 Å². The molecular formula is C13H24N2S. The monoisotopic (exact) mass is 240 g/mol. The van der Waals surface area contributed by atoms with Crippen molar-refractivity contribution in [1.29, 1.82) is 0 Å². The molecule has 0 aromatic carbocycles. The van der Waals surface area contributed by atoms with Crippen molar-refractivity contribution in [2.45, 2.75) is 58.4 Å². The Labute approximate surface area is 104 Å². The van der Waals surface area contributed by atoms with E-state index in [1.807, 2.05) is 11.8 Å². The van der Waals surface area contributed by atoms with E-state index in [0.29, 0.717) is 5.41 Å². The Kier molecular flexibility index (Phi) is 3.53. The molecule has 2 fully saturated rings. The summed E-state index contributed by atoms with van der Waals surface area (Å²) < 4.78 is 0. The van der Waals surface area contributed by atoms with Crippen molar-refractivity contribution in [2.24, 2.45) is 10.4 Å². The van der Waals surface area contributed by atoms with Gasteiger partial charge in [0.15, 0.2) is 5.17 Å². The maximum absolute atomic E-state index is 4.81. The highest BCUT2D eigenvalue weighted by Gasteiger charge is 2.35. The van der Waals surface area contributed by atoms with Crippen molar-refractivity contribution in [3.05, 3.63) is 0 Å². The fourth-order valence-electron chi connectivity index (χ4n) is 2.42. The molecule has 1 aliphatic carbocycles. The van der Waals surface area contributed by atoms with Crippen LogP contribution in [0, 0.1) is 5.41 Å². The van der Waals surface area contributed by atoms with Crippen LogP contribution >= 0.6 is 11.8 Å². The van der Waals surface area contributed by atoms with E-state index >= 15 is 0 Å². The van der Waals surface area contributed by atoms with Gasteiger partial charge in [-0.3, -0.25) is 4.99 Å². The summed E-state index contributed by atoms with van der Waals surface area (Å²) in [6.07, 6.45) is 6.70. The molecule has 3 heteroatoms. The van der Waals surface area contributed by atoms with Gasteiger partial charge in [-0.15, -0.1) is 0 Å². The largest absolute Gasteiger partial charge is 0.360 e. The second kappa shape index (κ2) is 4.59. The van der Waals surface area contributed by atoms with E-state index < -0.39 is 0 Å². The van der Waals surface area contributed by atoms with Gasteiger partial charge in [0.1, 0.15) is 0 Å². The van der Waals surface area contributed by atoms with E-state index in [1.54, 1.807) is 0 Å². The molecule has 0 atom stereocenters. The van der Waals surface area contributed by atoms with Gasteiger partial charge in [0.05, 0.1) is 0 Å². The molecular weight excluding hydrogens is 216 g/mol. The Balaban J connectivity index is 1.91. The van der Waals surface area contributed by atoms with Gasteiger partial charge >= 0.3 is 0 Å². The van der Waals surface area contributed by atoms with Crippen LogP contribution in [0.1, 0.15) is 52.9 Å². The van der Waals surface area contributed by atoms with E-state index in [4.69, 9.17) is 4.99 Å². The first-order chi connectivity index (χ1) is 7.55. The lowest BCUT2D eigenvalue weighted by Crippen LogP contribution is -2.46. The SMILES string of the molecule is CCC1(CN=C2NC(C)(C)CCS2)CCC1. The van der Waals surface area contributed by atoms with Gasteiger partial charge in [0.25, 0.3) is 0 Å². The number of amidine groups is 1. The van der Waals surface area contributed by atoms with Gasteiger partial charge in [0, 0.05) is 17.8 Å². The standard InChI is InChI=1S/C13H24N2S/c1-4-13(6-5-7-13)10-14-11-15-12(2,3)8-9-16-11/h4-10H2,1-3H3,(H,14,15). The Morgan fingerprint density at radius 2 is 2.06 bits per heavy atom. The van der Waals surface area contributed by atoms with Crippen molar-refractivity contribution >= 4 is 16.9 Å². The molecule has 0 amide bonds. The molecule has 0 bridgehead atoms. The summed E-state index contributed by atoms with van der Waals surface area (Å²) in [4.78, 5) is 4.81. The maximum Gasteiger partial charge on any atom is 0.156 e. The van der Waals surface area contributed by atoms with Crippen molar-refractivity contribution in [1.82, 2.24) is 5.32 Å². The number of nitrogens with zero attached hydrogens (tertiary/aromatic N) is 1. The van der Waals surface area contributed by atoms with Gasteiger partial charge < -0.3 is 5.32 Å². The minimum atomic E-state index is 0.239. The highest BCUT2D eigenvalue weighted by Crippen LogP contribution is 2.44. The molecule has 1 saturated heterocycles. The Morgan fingerprint density at radius 3 is 2.56 bits per heavy atom. The predicted molar refractivity (Wildman–Crippen MR) is 73.2 cm³/mol. The number of rotatable bonds is 3. The Bertz CT molecular complexity index is 274. The Morgan fingerprint density at radius 1 is 1.31 bits per heavy atom. The van der Waals surface area contributed by atoms with Gasteiger partial charge in [-0.05, 0) is 44.9 Å². The summed E-state index contributed by atoms with van der Waals surface area (Å²) >= 11 is 1.89. The number of thioether (sulfide) groups is 1. The fraction of sp³-hybridized carbons (Fsp3) is 0.923. The van der Waals surface area contributed by atoms with E-state index in [1.165, 1.54) is 43.0 Å². The van der Waals surface area contributed by atoms with Crippen LogP contribution in [0.5, 0.6) is 0 Å². The topological polar surface area (TPSA) is 24.4 Å². The highest BCUT2D eigenvalue weighted by atomic mass is 32.2. The third-order valence-corrected chi connectivity index (χ3v) is 5.05. The molecule has 2 nitrogen and oxygen atoms in total. The zero-order valence-corrected chi connectivity index (χ0v) is 11.6. The first-order valence-electron chi connectivity index (χ1n) is 6.51. The summed E-state index contributed by atoms with van der Waals surface area (Å²) in [5.41, 5.74) is 0.792. The zero-order valence-electron chi connectivity index (χ0n) is 10.8. The average Bonchev–Trinajstić information content (AvgIpc) is 2.15. The van der Waals surface area contributed by atoms with Crippen LogP contribution in [-0.2, 0) is 0 Å². The van der Waals surface area contributed by atoms with Crippen molar-refractivity contribution < 1.29 is 0 Å². The molecule has 2 aliphatic rings. The first kappa shape index (κ1) is 12.3. The van der Waals surface area contributed by atoms with Crippen LogP contribution in [0.3, 0.4) is 0 Å². The molecule has 0 radical (unpaired) electrons. The predicted octanol–water partition coefficient (Wildman–Crippen LogP) is 3.43. The molecule has 2 rings (SSSR count). The molecule has 0 aromatic rings. The summed E-state index contributed by atoms with van der Waals surface area (Å²) in [5, 5.41) is 4.73. The first-order valence-corrected chi connectivity index (χ1v) is 7.49. The minimum Gasteiger partial charge on any atom is -0.360 e. The Hall–Kier alpha value is -0.180. The smallest absolute Gasteiger partial charge is 0.156 e. The van der Waals surface area contributed by atoms with Gasteiger partial charge in [0.2, 0.25) is 0 Å². The summed E-state index contributed by atoms with van der Waals surface area (Å²) in [6.45, 7) is 7.88. The second-order valence-corrected chi connectivity index (χ2v) is 7.02. The van der Waals surface area contributed by atoms with Crippen LogP contribution in [0.2, 0.25) is 0 Å². The highest BCUT2D eigenvalue weighted by molar-refractivity contribution is 8.13. The molecule has 92 valence electrons. The molecule has 1 N–H and O–H groups in total. The molecule has 0 spiro atoms. The summed E-state index contributed by atoms with van der Waals surface area (Å²) in [5.74, 6) is 1.21. The third-order valence-electron chi connectivity index (χ3n) is 4.13. The van der Waals surface area contributed by atoms with Gasteiger partial charge in [-0.2, -0.15) is 0 Å². The lowest BCUT2D eigenvalue weighted by Gasteiger charge is -2.40. The maximum atomic E-state index is 4.81. The lowest BCUT2D eigenvalue weighted by molar-refractivity contribution is 0.139. The molecule has 1 heterocycles. The average molecular weight is 240 g/mol. The summed E-state index contributed by atoms with van der Waals surface area (Å²) in [6, 6.07) is 0. The van der Waals surface area contributed by atoms with Crippen molar-refractivity contribution in [3.63, 3.8) is 0 Å².